The summed E-state index contributed by atoms with van der Waals surface area (Å²) in [6.45, 7) is 0.161. The Hall–Kier alpha value is -0.610. The Morgan fingerprint density at radius 3 is 2.13 bits per heavy atom. The fourth-order valence-corrected chi connectivity index (χ4v) is 2.44. The van der Waals surface area contributed by atoms with Gasteiger partial charge in [-0.15, -0.1) is 0 Å². The van der Waals surface area contributed by atoms with Crippen LogP contribution in [0.15, 0.2) is 0 Å². The highest BCUT2D eigenvalue weighted by atomic mass is 16.4. The molecule has 0 heterocycles. The lowest BCUT2D eigenvalue weighted by molar-refractivity contribution is -0.137. The van der Waals surface area contributed by atoms with Crippen LogP contribution in [0.5, 0.6) is 0 Å². The molecule has 3 N–H and O–H groups in total. The minimum atomic E-state index is -0.807. The van der Waals surface area contributed by atoms with Crippen LogP contribution in [-0.4, -0.2) is 34.5 Å². The van der Waals surface area contributed by atoms with E-state index >= 15 is 0 Å². The first-order chi connectivity index (χ1) is 7.19. The molecule has 4 nitrogen and oxygen atoms in total. The van der Waals surface area contributed by atoms with Crippen molar-refractivity contribution in [3.63, 3.8) is 0 Å². The molecule has 1 radical (unpaired) electrons. The van der Waals surface area contributed by atoms with E-state index in [0.717, 1.165) is 12.8 Å². The van der Waals surface area contributed by atoms with E-state index in [1.165, 1.54) is 0 Å². The fourth-order valence-electron chi connectivity index (χ4n) is 2.44. The Bertz CT molecular complexity index is 193. The van der Waals surface area contributed by atoms with Crippen LogP contribution in [0.4, 0.5) is 0 Å². The second-order valence-electron chi connectivity index (χ2n) is 4.24. The molecule has 2 atom stereocenters. The molecular weight excluding hydrogens is 196 g/mol. The third-order valence-corrected chi connectivity index (χ3v) is 3.31. The van der Waals surface area contributed by atoms with Gasteiger partial charge in [0, 0.05) is 19.6 Å². The smallest absolute Gasteiger partial charge is 0.303 e. The Labute approximate surface area is 89.9 Å². The molecule has 0 saturated heterocycles. The van der Waals surface area contributed by atoms with Crippen LogP contribution < -0.4 is 0 Å². The van der Waals surface area contributed by atoms with E-state index in [2.05, 4.69) is 6.42 Å². The Kier molecular flexibility index (Phi) is 5.05. The minimum absolute atomic E-state index is 0.0806. The fraction of sp³-hybridized carbons (Fsp3) is 0.818. The van der Waals surface area contributed by atoms with Gasteiger partial charge in [0.05, 0.1) is 0 Å². The van der Waals surface area contributed by atoms with Crippen molar-refractivity contribution in [3.8, 4) is 0 Å². The average molecular weight is 215 g/mol. The molecule has 0 amide bonds. The average Bonchev–Trinajstić information content (AvgIpc) is 2.25. The third-order valence-electron chi connectivity index (χ3n) is 3.31. The van der Waals surface area contributed by atoms with Gasteiger partial charge in [0.25, 0.3) is 0 Å². The molecule has 1 saturated carbocycles. The van der Waals surface area contributed by atoms with Crippen molar-refractivity contribution in [1.82, 2.24) is 0 Å². The second kappa shape index (κ2) is 6.08. The highest BCUT2D eigenvalue weighted by molar-refractivity contribution is 5.66. The number of aliphatic hydroxyl groups is 2. The highest BCUT2D eigenvalue weighted by Crippen LogP contribution is 2.36. The number of aliphatic carboxylic acids is 1. The zero-order valence-electron chi connectivity index (χ0n) is 8.80. The van der Waals surface area contributed by atoms with Crippen molar-refractivity contribution in [1.29, 1.82) is 0 Å². The van der Waals surface area contributed by atoms with Gasteiger partial charge >= 0.3 is 5.97 Å². The predicted molar refractivity (Wildman–Crippen MR) is 55.0 cm³/mol. The maximum Gasteiger partial charge on any atom is 0.303 e. The molecule has 0 aromatic heterocycles. The van der Waals surface area contributed by atoms with Crippen LogP contribution in [0, 0.1) is 24.2 Å². The van der Waals surface area contributed by atoms with Crippen LogP contribution in [0.1, 0.15) is 25.7 Å². The normalized spacial score (nSPS) is 31.5. The maximum absolute atomic E-state index is 10.5. The SMILES string of the molecule is O=C(O)CCC1C(CO)C[CH]CC1CO. The largest absolute Gasteiger partial charge is 0.481 e. The van der Waals surface area contributed by atoms with Crippen molar-refractivity contribution >= 4 is 5.97 Å². The molecule has 0 aliphatic heterocycles. The van der Waals surface area contributed by atoms with Crippen LogP contribution in [0.25, 0.3) is 0 Å². The summed E-state index contributed by atoms with van der Waals surface area (Å²) in [5, 5.41) is 27.0. The van der Waals surface area contributed by atoms with E-state index in [1.54, 1.807) is 0 Å². The van der Waals surface area contributed by atoms with Crippen molar-refractivity contribution in [2.24, 2.45) is 17.8 Å². The first-order valence-corrected chi connectivity index (χ1v) is 5.44. The molecule has 4 heteroatoms. The summed E-state index contributed by atoms with van der Waals surface area (Å²) in [5.74, 6) is -0.426. The number of hydrogen-bond acceptors (Lipinski definition) is 3. The number of rotatable bonds is 5. The Morgan fingerprint density at radius 2 is 1.73 bits per heavy atom. The van der Waals surface area contributed by atoms with Gasteiger partial charge in [0.15, 0.2) is 0 Å². The van der Waals surface area contributed by atoms with Crippen molar-refractivity contribution in [2.75, 3.05) is 13.2 Å². The van der Waals surface area contributed by atoms with Gasteiger partial charge in [-0.2, -0.15) is 0 Å². The third kappa shape index (κ3) is 3.47. The highest BCUT2D eigenvalue weighted by Gasteiger charge is 2.32. The van der Waals surface area contributed by atoms with Crippen molar-refractivity contribution in [2.45, 2.75) is 25.7 Å². The van der Waals surface area contributed by atoms with E-state index < -0.39 is 5.97 Å². The van der Waals surface area contributed by atoms with Gasteiger partial charge in [-0.3, -0.25) is 4.79 Å². The zero-order valence-corrected chi connectivity index (χ0v) is 8.80. The monoisotopic (exact) mass is 215 g/mol. The molecule has 1 aliphatic rings. The van der Waals surface area contributed by atoms with Gasteiger partial charge in [0.1, 0.15) is 0 Å². The number of carbonyl (C=O) groups is 1. The lowest BCUT2D eigenvalue weighted by Gasteiger charge is -2.36. The van der Waals surface area contributed by atoms with Crippen molar-refractivity contribution < 1.29 is 20.1 Å². The topological polar surface area (TPSA) is 77.8 Å². The lowest BCUT2D eigenvalue weighted by Crippen LogP contribution is -2.33. The van der Waals surface area contributed by atoms with Crippen LogP contribution in [-0.2, 0) is 4.79 Å². The summed E-state index contributed by atoms with van der Waals surface area (Å²) in [7, 11) is 0. The quantitative estimate of drug-likeness (QED) is 0.630. The maximum atomic E-state index is 10.5. The first kappa shape index (κ1) is 12.5. The molecule has 0 spiro atoms. The van der Waals surface area contributed by atoms with Gasteiger partial charge in [0.2, 0.25) is 0 Å². The number of carboxylic acids is 1. The van der Waals surface area contributed by atoms with Crippen LogP contribution in [0.2, 0.25) is 0 Å². The molecule has 1 rings (SSSR count). The standard InChI is InChI=1S/C11H19O4/c12-6-8-2-1-3-9(7-13)10(8)4-5-11(14)15/h1,8-10,12-13H,2-7H2,(H,14,15). The molecular formula is C11H19O4. The van der Waals surface area contributed by atoms with Gasteiger partial charge in [-0.25, -0.2) is 0 Å². The van der Waals surface area contributed by atoms with E-state index in [1.807, 2.05) is 0 Å². The summed E-state index contributed by atoms with van der Waals surface area (Å²) >= 11 is 0. The summed E-state index contributed by atoms with van der Waals surface area (Å²) in [6, 6.07) is 0. The number of carboxylic acid groups (broad SMARTS) is 1. The number of hydrogen-bond donors (Lipinski definition) is 3. The van der Waals surface area contributed by atoms with E-state index in [-0.39, 0.29) is 37.4 Å². The molecule has 2 unspecified atom stereocenters. The summed E-state index contributed by atoms with van der Waals surface area (Å²) in [4.78, 5) is 10.5. The molecule has 1 fully saturated rings. The Morgan fingerprint density at radius 1 is 1.20 bits per heavy atom. The Balaban J connectivity index is 2.53. The molecule has 0 aromatic carbocycles. The van der Waals surface area contributed by atoms with Gasteiger partial charge in [-0.1, -0.05) is 0 Å². The first-order valence-electron chi connectivity index (χ1n) is 5.44. The van der Waals surface area contributed by atoms with E-state index in [4.69, 9.17) is 5.11 Å². The number of aliphatic hydroxyl groups excluding tert-OH is 2. The van der Waals surface area contributed by atoms with Crippen LogP contribution in [0.3, 0.4) is 0 Å². The molecule has 15 heavy (non-hydrogen) atoms. The zero-order chi connectivity index (χ0) is 11.3. The summed E-state index contributed by atoms with van der Waals surface area (Å²) in [6.07, 6.45) is 4.42. The van der Waals surface area contributed by atoms with E-state index in [0.29, 0.717) is 6.42 Å². The minimum Gasteiger partial charge on any atom is -0.481 e. The lowest BCUT2D eigenvalue weighted by atomic mass is 9.70. The predicted octanol–water partition coefficient (Wildman–Crippen LogP) is 0.682. The molecule has 87 valence electrons. The van der Waals surface area contributed by atoms with Crippen molar-refractivity contribution in [3.05, 3.63) is 6.42 Å². The van der Waals surface area contributed by atoms with Crippen LogP contribution >= 0.6 is 0 Å². The summed E-state index contributed by atoms with van der Waals surface area (Å²) < 4.78 is 0. The van der Waals surface area contributed by atoms with E-state index in [9.17, 15) is 15.0 Å². The molecule has 0 aromatic rings. The second-order valence-corrected chi connectivity index (χ2v) is 4.24. The molecule has 0 bridgehead atoms. The van der Waals surface area contributed by atoms with Gasteiger partial charge in [-0.05, 0) is 43.4 Å². The molecule has 1 aliphatic carbocycles. The van der Waals surface area contributed by atoms with Gasteiger partial charge < -0.3 is 15.3 Å². The summed E-state index contributed by atoms with van der Waals surface area (Å²) in [5.41, 5.74) is 0.